The van der Waals surface area contributed by atoms with Gasteiger partial charge in [-0.2, -0.15) is 0 Å². The van der Waals surface area contributed by atoms with Gasteiger partial charge in [0.25, 0.3) is 5.69 Å². The molecule has 1 fully saturated rings. The van der Waals surface area contributed by atoms with E-state index in [9.17, 15) is 10.1 Å². The van der Waals surface area contributed by atoms with Crippen molar-refractivity contribution in [2.45, 2.75) is 25.6 Å². The Morgan fingerprint density at radius 3 is 3.06 bits per heavy atom. The van der Waals surface area contributed by atoms with Crippen LogP contribution in [0.5, 0.6) is 0 Å². The SMILES string of the molecule is O=[N+]([O-])c1cccc(COCC2CCCO2)c1Br. The number of ether oxygens (including phenoxy) is 2. The van der Waals surface area contributed by atoms with E-state index in [0.717, 1.165) is 25.0 Å². The number of rotatable bonds is 5. The fourth-order valence-corrected chi connectivity index (χ4v) is 2.42. The summed E-state index contributed by atoms with van der Waals surface area (Å²) in [5, 5.41) is 10.8. The first-order chi connectivity index (χ1) is 8.68. The standard InChI is InChI=1S/C12H14BrNO4/c13-12-9(3-1-5-11(12)14(15)16)7-17-8-10-4-2-6-18-10/h1,3,5,10H,2,4,6-8H2. The average Bonchev–Trinajstić information content (AvgIpc) is 2.84. The van der Waals surface area contributed by atoms with Gasteiger partial charge in [-0.3, -0.25) is 10.1 Å². The van der Waals surface area contributed by atoms with Crippen LogP contribution >= 0.6 is 15.9 Å². The van der Waals surface area contributed by atoms with Gasteiger partial charge in [-0.05, 0) is 34.3 Å². The summed E-state index contributed by atoms with van der Waals surface area (Å²) in [6, 6.07) is 4.94. The van der Waals surface area contributed by atoms with Gasteiger partial charge < -0.3 is 9.47 Å². The van der Waals surface area contributed by atoms with E-state index in [1.807, 2.05) is 6.07 Å². The van der Waals surface area contributed by atoms with Crippen LogP contribution in [0.15, 0.2) is 22.7 Å². The Balaban J connectivity index is 1.92. The average molecular weight is 316 g/mol. The normalized spacial score (nSPS) is 19.1. The predicted octanol–water partition coefficient (Wildman–Crippen LogP) is 3.05. The molecule has 1 aliphatic rings. The van der Waals surface area contributed by atoms with Gasteiger partial charge in [-0.1, -0.05) is 12.1 Å². The van der Waals surface area contributed by atoms with Crippen LogP contribution in [0, 0.1) is 10.1 Å². The van der Waals surface area contributed by atoms with Gasteiger partial charge in [0, 0.05) is 12.7 Å². The molecule has 1 aliphatic heterocycles. The fraction of sp³-hybridized carbons (Fsp3) is 0.500. The third kappa shape index (κ3) is 3.28. The second-order valence-corrected chi connectivity index (χ2v) is 4.95. The fourth-order valence-electron chi connectivity index (χ4n) is 1.89. The van der Waals surface area contributed by atoms with Crippen LogP contribution in [-0.2, 0) is 16.1 Å². The molecule has 6 heteroatoms. The van der Waals surface area contributed by atoms with Gasteiger partial charge in [-0.15, -0.1) is 0 Å². The molecule has 1 aromatic rings. The lowest BCUT2D eigenvalue weighted by Crippen LogP contribution is -2.14. The topological polar surface area (TPSA) is 61.6 Å². The lowest BCUT2D eigenvalue weighted by atomic mass is 10.2. The smallest absolute Gasteiger partial charge is 0.283 e. The van der Waals surface area contributed by atoms with E-state index in [4.69, 9.17) is 9.47 Å². The minimum absolute atomic E-state index is 0.0632. The van der Waals surface area contributed by atoms with Crippen LogP contribution in [-0.4, -0.2) is 24.2 Å². The number of hydrogen-bond acceptors (Lipinski definition) is 4. The molecule has 98 valence electrons. The Morgan fingerprint density at radius 1 is 1.56 bits per heavy atom. The molecule has 0 radical (unpaired) electrons. The third-order valence-corrected chi connectivity index (χ3v) is 3.76. The summed E-state index contributed by atoms with van der Waals surface area (Å²) in [5.74, 6) is 0. The Labute approximate surface area is 113 Å². The molecule has 2 rings (SSSR count). The summed E-state index contributed by atoms with van der Waals surface area (Å²) in [4.78, 5) is 10.4. The molecule has 1 aromatic carbocycles. The highest BCUT2D eigenvalue weighted by Gasteiger charge is 2.17. The maximum Gasteiger partial charge on any atom is 0.283 e. The first kappa shape index (κ1) is 13.5. The van der Waals surface area contributed by atoms with Crippen LogP contribution in [0.4, 0.5) is 5.69 Å². The van der Waals surface area contributed by atoms with Crippen molar-refractivity contribution in [3.8, 4) is 0 Å². The zero-order chi connectivity index (χ0) is 13.0. The highest BCUT2D eigenvalue weighted by molar-refractivity contribution is 9.10. The maximum atomic E-state index is 10.8. The van der Waals surface area contributed by atoms with Crippen LogP contribution in [0.25, 0.3) is 0 Å². The largest absolute Gasteiger partial charge is 0.376 e. The van der Waals surface area contributed by atoms with E-state index in [2.05, 4.69) is 15.9 Å². The first-order valence-electron chi connectivity index (χ1n) is 5.79. The summed E-state index contributed by atoms with van der Waals surface area (Å²) in [5.41, 5.74) is 0.843. The van der Waals surface area contributed by atoms with Crippen molar-refractivity contribution in [1.29, 1.82) is 0 Å². The van der Waals surface area contributed by atoms with E-state index in [1.165, 1.54) is 6.07 Å². The van der Waals surface area contributed by atoms with Crippen LogP contribution in [0.2, 0.25) is 0 Å². The Morgan fingerprint density at radius 2 is 2.39 bits per heavy atom. The predicted molar refractivity (Wildman–Crippen MR) is 69.4 cm³/mol. The molecule has 1 unspecified atom stereocenters. The van der Waals surface area contributed by atoms with Crippen molar-refractivity contribution in [1.82, 2.24) is 0 Å². The second-order valence-electron chi connectivity index (χ2n) is 4.16. The van der Waals surface area contributed by atoms with Crippen molar-refractivity contribution in [3.63, 3.8) is 0 Å². The number of benzene rings is 1. The monoisotopic (exact) mass is 315 g/mol. The van der Waals surface area contributed by atoms with Gasteiger partial charge in [0.05, 0.1) is 24.2 Å². The van der Waals surface area contributed by atoms with Gasteiger partial charge in [0.2, 0.25) is 0 Å². The molecule has 0 bridgehead atoms. The first-order valence-corrected chi connectivity index (χ1v) is 6.59. The quantitative estimate of drug-likeness (QED) is 0.619. The molecule has 0 saturated carbocycles. The molecule has 0 aromatic heterocycles. The van der Waals surface area contributed by atoms with Crippen molar-refractivity contribution in [3.05, 3.63) is 38.3 Å². The molecule has 1 heterocycles. The van der Waals surface area contributed by atoms with Crippen molar-refractivity contribution < 1.29 is 14.4 Å². The molecule has 1 saturated heterocycles. The molecule has 0 aliphatic carbocycles. The number of nitro benzene ring substituents is 1. The molecule has 0 spiro atoms. The van der Waals surface area contributed by atoms with E-state index in [0.29, 0.717) is 17.7 Å². The molecular formula is C12H14BrNO4. The second kappa shape index (κ2) is 6.26. The molecule has 0 N–H and O–H groups in total. The maximum absolute atomic E-state index is 10.8. The number of halogens is 1. The van der Waals surface area contributed by atoms with Gasteiger partial charge in [0.15, 0.2) is 0 Å². The number of nitrogens with zero attached hydrogens (tertiary/aromatic N) is 1. The van der Waals surface area contributed by atoms with Crippen molar-refractivity contribution in [2.75, 3.05) is 13.2 Å². The molecule has 18 heavy (non-hydrogen) atoms. The van der Waals surface area contributed by atoms with Crippen LogP contribution < -0.4 is 0 Å². The Bertz CT molecular complexity index is 432. The van der Waals surface area contributed by atoms with Gasteiger partial charge in [0.1, 0.15) is 4.47 Å². The van der Waals surface area contributed by atoms with Crippen LogP contribution in [0.3, 0.4) is 0 Å². The summed E-state index contributed by atoms with van der Waals surface area (Å²) >= 11 is 3.24. The summed E-state index contributed by atoms with van der Waals surface area (Å²) in [6.45, 7) is 1.69. The minimum atomic E-state index is -0.409. The van der Waals surface area contributed by atoms with Crippen molar-refractivity contribution in [2.24, 2.45) is 0 Å². The molecule has 0 amide bonds. The van der Waals surface area contributed by atoms with E-state index >= 15 is 0 Å². The van der Waals surface area contributed by atoms with Gasteiger partial charge in [-0.25, -0.2) is 0 Å². The van der Waals surface area contributed by atoms with E-state index in [-0.39, 0.29) is 11.8 Å². The molecule has 1 atom stereocenters. The number of nitro groups is 1. The van der Waals surface area contributed by atoms with Crippen LogP contribution in [0.1, 0.15) is 18.4 Å². The zero-order valence-corrected chi connectivity index (χ0v) is 11.4. The molecular weight excluding hydrogens is 302 g/mol. The summed E-state index contributed by atoms with van der Waals surface area (Å²) in [7, 11) is 0. The van der Waals surface area contributed by atoms with E-state index in [1.54, 1.807) is 6.07 Å². The lowest BCUT2D eigenvalue weighted by Gasteiger charge is -2.10. The minimum Gasteiger partial charge on any atom is -0.376 e. The highest BCUT2D eigenvalue weighted by Crippen LogP contribution is 2.28. The highest BCUT2D eigenvalue weighted by atomic mass is 79.9. The van der Waals surface area contributed by atoms with Crippen molar-refractivity contribution >= 4 is 21.6 Å². The molecule has 5 nitrogen and oxygen atoms in total. The Hall–Kier alpha value is -0.980. The van der Waals surface area contributed by atoms with Gasteiger partial charge >= 0.3 is 0 Å². The van der Waals surface area contributed by atoms with E-state index < -0.39 is 4.92 Å². The third-order valence-electron chi connectivity index (χ3n) is 2.84. The number of hydrogen-bond donors (Lipinski definition) is 0. The zero-order valence-electron chi connectivity index (χ0n) is 9.80. The Kier molecular flexibility index (Phi) is 4.68. The lowest BCUT2D eigenvalue weighted by molar-refractivity contribution is -0.385. The summed E-state index contributed by atoms with van der Waals surface area (Å²) in [6.07, 6.45) is 2.27. The summed E-state index contributed by atoms with van der Waals surface area (Å²) < 4.78 is 11.5.